The highest BCUT2D eigenvalue weighted by molar-refractivity contribution is 5.87. The molecule has 8 rings (SSSR count). The van der Waals surface area contributed by atoms with Crippen LogP contribution in [0, 0.1) is 0 Å². The minimum absolute atomic E-state index is 0.140. The Hall–Kier alpha value is -5.34. The summed E-state index contributed by atoms with van der Waals surface area (Å²) in [6, 6.07) is 54.9. The fourth-order valence-corrected chi connectivity index (χ4v) is 6.77. The van der Waals surface area contributed by atoms with Gasteiger partial charge < -0.3 is 9.47 Å². The van der Waals surface area contributed by atoms with Gasteiger partial charge in [-0.2, -0.15) is 0 Å². The summed E-state index contributed by atoms with van der Waals surface area (Å²) < 4.78 is 2.30. The van der Waals surface area contributed by atoms with Crippen molar-refractivity contribution in [2.45, 2.75) is 19.3 Å². The summed E-state index contributed by atoms with van der Waals surface area (Å²) in [5.74, 6) is 0. The third-order valence-corrected chi connectivity index (χ3v) is 9.03. The molecular weight excluding hydrogens is 520 g/mol. The Labute approximate surface area is 253 Å². The summed E-state index contributed by atoms with van der Waals surface area (Å²) in [5, 5.41) is 1.26. The number of fused-ring (bicyclic) bond motifs is 4. The minimum atomic E-state index is -0.140. The number of nitrogens with zero attached hydrogens (tertiary/aromatic N) is 2. The van der Waals surface area contributed by atoms with E-state index in [1.807, 2.05) is 0 Å². The topological polar surface area (TPSA) is 8.17 Å². The van der Waals surface area contributed by atoms with Crippen LogP contribution < -0.4 is 4.90 Å². The van der Waals surface area contributed by atoms with E-state index in [1.54, 1.807) is 0 Å². The van der Waals surface area contributed by atoms with E-state index >= 15 is 0 Å². The van der Waals surface area contributed by atoms with Gasteiger partial charge in [-0.15, -0.1) is 0 Å². The van der Waals surface area contributed by atoms with Gasteiger partial charge in [0.2, 0.25) is 0 Å². The monoisotopic (exact) mass is 552 g/mol. The first kappa shape index (κ1) is 25.4. The molecule has 2 heteroatoms. The summed E-state index contributed by atoms with van der Waals surface area (Å²) in [4.78, 5) is 2.37. The van der Waals surface area contributed by atoms with Crippen molar-refractivity contribution in [3.05, 3.63) is 169 Å². The Morgan fingerprint density at radius 1 is 0.488 bits per heavy atom. The maximum Gasteiger partial charge on any atom is 0.0528 e. The van der Waals surface area contributed by atoms with E-state index in [9.17, 15) is 0 Å². The van der Waals surface area contributed by atoms with E-state index in [0.29, 0.717) is 0 Å². The fourth-order valence-electron chi connectivity index (χ4n) is 6.77. The predicted octanol–water partition coefficient (Wildman–Crippen LogP) is 11.1. The van der Waals surface area contributed by atoms with Gasteiger partial charge in [0.15, 0.2) is 0 Å². The minimum Gasteiger partial charge on any atom is -0.317 e. The Morgan fingerprint density at radius 2 is 1.07 bits per heavy atom. The summed E-state index contributed by atoms with van der Waals surface area (Å²) in [7, 11) is 0. The molecule has 206 valence electrons. The van der Waals surface area contributed by atoms with Crippen LogP contribution in [-0.4, -0.2) is 4.57 Å². The molecular formula is C41H32N2. The highest BCUT2D eigenvalue weighted by Gasteiger charge is 2.36. The average molecular weight is 553 g/mol. The smallest absolute Gasteiger partial charge is 0.0528 e. The van der Waals surface area contributed by atoms with Crippen LogP contribution in [0.15, 0.2) is 158 Å². The Morgan fingerprint density at radius 3 is 1.84 bits per heavy atom. The van der Waals surface area contributed by atoms with Crippen LogP contribution in [0.2, 0.25) is 0 Å². The zero-order valence-electron chi connectivity index (χ0n) is 24.4. The van der Waals surface area contributed by atoms with Gasteiger partial charge in [-0.1, -0.05) is 105 Å². The van der Waals surface area contributed by atoms with Crippen molar-refractivity contribution in [1.29, 1.82) is 0 Å². The van der Waals surface area contributed by atoms with Gasteiger partial charge >= 0.3 is 0 Å². The lowest BCUT2D eigenvalue weighted by Gasteiger charge is -2.28. The van der Waals surface area contributed by atoms with Crippen LogP contribution in [0.1, 0.15) is 25.0 Å². The Bertz CT molecular complexity index is 2080. The Balaban J connectivity index is 1.21. The summed E-state index contributed by atoms with van der Waals surface area (Å²) in [5.41, 5.74) is 13.6. The average Bonchev–Trinajstić information content (AvgIpc) is 3.59. The fraction of sp³-hybridized carbons (Fsp3) is 0.0732. The molecule has 1 aliphatic rings. The summed E-state index contributed by atoms with van der Waals surface area (Å²) in [6.07, 6.45) is 2.18. The molecule has 0 unspecified atom stereocenters. The highest BCUT2D eigenvalue weighted by Crippen LogP contribution is 2.51. The van der Waals surface area contributed by atoms with Crippen molar-refractivity contribution < 1.29 is 0 Å². The molecule has 0 fully saturated rings. The number of hydrogen-bond donors (Lipinski definition) is 0. The van der Waals surface area contributed by atoms with Crippen LogP contribution >= 0.6 is 0 Å². The first-order valence-corrected chi connectivity index (χ1v) is 14.9. The van der Waals surface area contributed by atoms with E-state index in [4.69, 9.17) is 0 Å². The first-order valence-electron chi connectivity index (χ1n) is 14.9. The van der Waals surface area contributed by atoms with Crippen molar-refractivity contribution in [2.24, 2.45) is 0 Å². The zero-order chi connectivity index (χ0) is 29.0. The van der Waals surface area contributed by atoms with Gasteiger partial charge in [-0.05, 0) is 99.4 Å². The van der Waals surface area contributed by atoms with Gasteiger partial charge in [-0.25, -0.2) is 0 Å². The standard InChI is InChI=1S/C41H32N2/c1-41(2)38-27-34(42-26-25-31-13-9-10-16-40(31)42)21-23-36(38)37-24-22-35(28-39(37)41)43(32-14-7-4-8-15-32)33-19-17-30(18-20-33)29-11-5-3-6-12-29/h3-28H,1-2H3. The van der Waals surface area contributed by atoms with Gasteiger partial charge in [0.1, 0.15) is 0 Å². The largest absolute Gasteiger partial charge is 0.317 e. The molecule has 6 aromatic carbocycles. The normalized spacial score (nSPS) is 13.1. The van der Waals surface area contributed by atoms with E-state index < -0.39 is 0 Å². The molecule has 2 nitrogen and oxygen atoms in total. The Kier molecular flexibility index (Phi) is 5.84. The molecule has 0 radical (unpaired) electrons. The molecule has 1 heterocycles. The summed E-state index contributed by atoms with van der Waals surface area (Å²) in [6.45, 7) is 4.72. The summed E-state index contributed by atoms with van der Waals surface area (Å²) >= 11 is 0. The number of hydrogen-bond acceptors (Lipinski definition) is 1. The van der Waals surface area contributed by atoms with Crippen molar-refractivity contribution in [3.63, 3.8) is 0 Å². The third kappa shape index (κ3) is 4.18. The van der Waals surface area contributed by atoms with Gasteiger partial charge in [0, 0.05) is 34.4 Å². The van der Waals surface area contributed by atoms with Crippen molar-refractivity contribution in [1.82, 2.24) is 4.57 Å². The lowest BCUT2D eigenvalue weighted by atomic mass is 9.82. The van der Waals surface area contributed by atoms with E-state index in [-0.39, 0.29) is 5.41 Å². The second-order valence-electron chi connectivity index (χ2n) is 11.9. The molecule has 1 aliphatic carbocycles. The van der Waals surface area contributed by atoms with Crippen molar-refractivity contribution >= 4 is 28.0 Å². The quantitative estimate of drug-likeness (QED) is 0.206. The highest BCUT2D eigenvalue weighted by atomic mass is 15.1. The van der Waals surface area contributed by atoms with Gasteiger partial charge in [0.05, 0.1) is 5.52 Å². The molecule has 0 N–H and O–H groups in total. The number of rotatable bonds is 5. The van der Waals surface area contributed by atoms with Crippen LogP contribution in [0.4, 0.5) is 17.1 Å². The molecule has 0 spiro atoms. The predicted molar refractivity (Wildman–Crippen MR) is 181 cm³/mol. The molecule has 0 saturated heterocycles. The van der Waals surface area contributed by atoms with Crippen molar-refractivity contribution in [3.8, 4) is 27.9 Å². The molecule has 1 aromatic heterocycles. The maximum absolute atomic E-state index is 2.40. The SMILES string of the molecule is CC1(C)c2cc(N(c3ccccc3)c3ccc(-c4ccccc4)cc3)ccc2-c2ccc(-n3ccc4ccccc43)cc21. The van der Waals surface area contributed by atoms with Crippen LogP contribution in [0.25, 0.3) is 38.8 Å². The number of benzene rings is 6. The molecule has 0 bridgehead atoms. The second kappa shape index (κ2) is 9.89. The molecule has 0 atom stereocenters. The molecule has 0 amide bonds. The lowest BCUT2D eigenvalue weighted by Crippen LogP contribution is -2.17. The van der Waals surface area contributed by atoms with E-state index in [0.717, 1.165) is 17.1 Å². The molecule has 43 heavy (non-hydrogen) atoms. The zero-order valence-corrected chi connectivity index (χ0v) is 24.4. The number of para-hydroxylation sites is 2. The van der Waals surface area contributed by atoms with Crippen LogP contribution in [0.3, 0.4) is 0 Å². The second-order valence-corrected chi connectivity index (χ2v) is 11.9. The number of anilines is 3. The van der Waals surface area contributed by atoms with E-state index in [1.165, 1.54) is 50.0 Å². The lowest BCUT2D eigenvalue weighted by molar-refractivity contribution is 0.660. The molecule has 0 saturated carbocycles. The molecule has 0 aliphatic heterocycles. The van der Waals surface area contributed by atoms with Crippen molar-refractivity contribution in [2.75, 3.05) is 4.90 Å². The van der Waals surface area contributed by atoms with Crippen LogP contribution in [-0.2, 0) is 5.41 Å². The third-order valence-electron chi connectivity index (χ3n) is 9.03. The van der Waals surface area contributed by atoms with Gasteiger partial charge in [0.25, 0.3) is 0 Å². The number of aromatic nitrogens is 1. The molecule has 7 aromatic rings. The van der Waals surface area contributed by atoms with E-state index in [2.05, 4.69) is 181 Å². The van der Waals surface area contributed by atoms with Gasteiger partial charge in [-0.3, -0.25) is 0 Å². The maximum atomic E-state index is 2.40. The van der Waals surface area contributed by atoms with Crippen LogP contribution in [0.5, 0.6) is 0 Å². The first-order chi connectivity index (χ1) is 21.1.